The first-order chi connectivity index (χ1) is 13.1. The van der Waals surface area contributed by atoms with Crippen LogP contribution in [0, 0.1) is 6.92 Å². The number of aromatic nitrogens is 2. The standard InChI is InChI=1S/C21H19ClN4O/c1-14-23-18(21(27)25-17-9-4-8-16(22)12-17)13-20(24-14)26-11-5-7-15-6-2-3-10-19(15)26/h2-4,6,8-10,12-13H,5,7,11H2,1H3,(H,25,27). The molecule has 0 saturated carbocycles. The molecule has 5 nitrogen and oxygen atoms in total. The number of fused-ring (bicyclic) bond motifs is 1. The summed E-state index contributed by atoms with van der Waals surface area (Å²) in [7, 11) is 0. The van der Waals surface area contributed by atoms with E-state index in [0.29, 0.717) is 22.2 Å². The Kier molecular flexibility index (Phi) is 4.77. The molecule has 0 atom stereocenters. The molecular formula is C21H19ClN4O. The zero-order chi connectivity index (χ0) is 18.8. The molecule has 1 aliphatic rings. The van der Waals surface area contributed by atoms with Gasteiger partial charge in [0.25, 0.3) is 5.91 Å². The zero-order valence-electron chi connectivity index (χ0n) is 14.9. The van der Waals surface area contributed by atoms with E-state index in [0.717, 1.165) is 30.9 Å². The number of anilines is 3. The van der Waals surface area contributed by atoms with Gasteiger partial charge in [-0.3, -0.25) is 4.79 Å². The summed E-state index contributed by atoms with van der Waals surface area (Å²) in [6.45, 7) is 2.67. The molecule has 0 spiro atoms. The van der Waals surface area contributed by atoms with Crippen molar-refractivity contribution in [1.82, 2.24) is 9.97 Å². The molecule has 0 radical (unpaired) electrons. The van der Waals surface area contributed by atoms with Gasteiger partial charge in [0.2, 0.25) is 0 Å². The van der Waals surface area contributed by atoms with E-state index in [4.69, 9.17) is 11.6 Å². The maximum absolute atomic E-state index is 12.7. The van der Waals surface area contributed by atoms with Crippen LogP contribution in [-0.4, -0.2) is 22.4 Å². The van der Waals surface area contributed by atoms with Gasteiger partial charge in [-0.1, -0.05) is 35.9 Å². The molecule has 6 heteroatoms. The highest BCUT2D eigenvalue weighted by Gasteiger charge is 2.21. The Bertz CT molecular complexity index is 1000. The Labute approximate surface area is 163 Å². The average molecular weight is 379 g/mol. The third-order valence-electron chi connectivity index (χ3n) is 4.53. The van der Waals surface area contributed by atoms with Gasteiger partial charge < -0.3 is 10.2 Å². The molecule has 4 rings (SSSR count). The van der Waals surface area contributed by atoms with Gasteiger partial charge >= 0.3 is 0 Å². The van der Waals surface area contributed by atoms with Gasteiger partial charge in [0.15, 0.2) is 0 Å². The van der Waals surface area contributed by atoms with Gasteiger partial charge in [-0.25, -0.2) is 9.97 Å². The SMILES string of the molecule is Cc1nc(C(=O)Nc2cccc(Cl)c2)cc(N2CCCc3ccccc32)n1. The second-order valence-corrected chi connectivity index (χ2v) is 6.94. The highest BCUT2D eigenvalue weighted by atomic mass is 35.5. The molecule has 27 heavy (non-hydrogen) atoms. The molecule has 0 fully saturated rings. The van der Waals surface area contributed by atoms with Crippen molar-refractivity contribution in [3.63, 3.8) is 0 Å². The van der Waals surface area contributed by atoms with E-state index in [1.165, 1.54) is 5.56 Å². The van der Waals surface area contributed by atoms with Crippen LogP contribution in [0.15, 0.2) is 54.6 Å². The maximum Gasteiger partial charge on any atom is 0.274 e. The van der Waals surface area contributed by atoms with Crippen LogP contribution in [0.5, 0.6) is 0 Å². The Balaban J connectivity index is 1.65. The summed E-state index contributed by atoms with van der Waals surface area (Å²) in [5, 5.41) is 3.41. The lowest BCUT2D eigenvalue weighted by molar-refractivity contribution is 0.102. The molecule has 3 aromatic rings. The van der Waals surface area contributed by atoms with Crippen molar-refractivity contribution >= 4 is 34.7 Å². The fraction of sp³-hybridized carbons (Fsp3) is 0.190. The van der Waals surface area contributed by atoms with Crippen molar-refractivity contribution in [2.24, 2.45) is 0 Å². The van der Waals surface area contributed by atoms with E-state index >= 15 is 0 Å². The molecular weight excluding hydrogens is 360 g/mol. The number of para-hydroxylation sites is 1. The largest absolute Gasteiger partial charge is 0.326 e. The highest BCUT2D eigenvalue weighted by Crippen LogP contribution is 2.32. The van der Waals surface area contributed by atoms with Gasteiger partial charge in [0, 0.05) is 29.0 Å². The van der Waals surface area contributed by atoms with Crippen LogP contribution in [-0.2, 0) is 6.42 Å². The molecule has 2 heterocycles. The molecule has 0 unspecified atom stereocenters. The smallest absolute Gasteiger partial charge is 0.274 e. The van der Waals surface area contributed by atoms with Gasteiger partial charge in [-0.15, -0.1) is 0 Å². The molecule has 1 N–H and O–H groups in total. The lowest BCUT2D eigenvalue weighted by Crippen LogP contribution is -2.26. The summed E-state index contributed by atoms with van der Waals surface area (Å²) in [6.07, 6.45) is 2.10. The number of carbonyl (C=O) groups is 1. The molecule has 0 bridgehead atoms. The quantitative estimate of drug-likeness (QED) is 0.712. The van der Waals surface area contributed by atoms with Gasteiger partial charge in [-0.2, -0.15) is 0 Å². The number of nitrogens with one attached hydrogen (secondary N) is 1. The number of rotatable bonds is 3. The van der Waals surface area contributed by atoms with Crippen molar-refractivity contribution < 1.29 is 4.79 Å². The number of hydrogen-bond donors (Lipinski definition) is 1. The predicted octanol–water partition coefficient (Wildman–Crippen LogP) is 4.78. The Morgan fingerprint density at radius 2 is 1.96 bits per heavy atom. The van der Waals surface area contributed by atoms with Crippen molar-refractivity contribution in [2.45, 2.75) is 19.8 Å². The first kappa shape index (κ1) is 17.5. The molecule has 0 aliphatic carbocycles. The lowest BCUT2D eigenvalue weighted by atomic mass is 10.0. The van der Waals surface area contributed by atoms with Crippen LogP contribution in [0.3, 0.4) is 0 Å². The van der Waals surface area contributed by atoms with Crippen LogP contribution in [0.4, 0.5) is 17.2 Å². The normalized spacial score (nSPS) is 13.2. The van der Waals surface area contributed by atoms with E-state index in [2.05, 4.69) is 38.4 Å². The molecule has 2 aromatic carbocycles. The molecule has 1 aromatic heterocycles. The van der Waals surface area contributed by atoms with Crippen LogP contribution < -0.4 is 10.2 Å². The highest BCUT2D eigenvalue weighted by molar-refractivity contribution is 6.30. The van der Waals surface area contributed by atoms with Gasteiger partial charge in [-0.05, 0) is 49.6 Å². The summed E-state index contributed by atoms with van der Waals surface area (Å²) >= 11 is 5.99. The van der Waals surface area contributed by atoms with E-state index in [1.807, 2.05) is 6.07 Å². The minimum absolute atomic E-state index is 0.283. The summed E-state index contributed by atoms with van der Waals surface area (Å²) in [6, 6.07) is 17.1. The number of carbonyl (C=O) groups excluding carboxylic acids is 1. The van der Waals surface area contributed by atoms with E-state index < -0.39 is 0 Å². The van der Waals surface area contributed by atoms with Gasteiger partial charge in [0.1, 0.15) is 17.3 Å². The Morgan fingerprint density at radius 3 is 2.81 bits per heavy atom. The predicted molar refractivity (Wildman–Crippen MR) is 108 cm³/mol. The minimum Gasteiger partial charge on any atom is -0.326 e. The van der Waals surface area contributed by atoms with Crippen LogP contribution in [0.1, 0.15) is 28.3 Å². The summed E-state index contributed by atoms with van der Waals surface area (Å²) in [4.78, 5) is 23.7. The number of hydrogen-bond acceptors (Lipinski definition) is 4. The van der Waals surface area contributed by atoms with Crippen LogP contribution in [0.25, 0.3) is 0 Å². The number of aryl methyl sites for hydroxylation is 2. The molecule has 1 amide bonds. The third-order valence-corrected chi connectivity index (χ3v) is 4.76. The second-order valence-electron chi connectivity index (χ2n) is 6.51. The molecule has 0 saturated heterocycles. The number of nitrogens with zero attached hydrogens (tertiary/aromatic N) is 3. The summed E-state index contributed by atoms with van der Waals surface area (Å²) in [5.74, 6) is 1.02. The van der Waals surface area contributed by atoms with Crippen LogP contribution >= 0.6 is 11.6 Å². The average Bonchev–Trinajstić information content (AvgIpc) is 2.67. The van der Waals surface area contributed by atoms with E-state index in [9.17, 15) is 4.79 Å². The summed E-state index contributed by atoms with van der Waals surface area (Å²) in [5.41, 5.74) is 3.40. The van der Waals surface area contributed by atoms with Gasteiger partial charge in [0.05, 0.1) is 0 Å². The summed E-state index contributed by atoms with van der Waals surface area (Å²) < 4.78 is 0. The minimum atomic E-state index is -0.283. The molecule has 1 aliphatic heterocycles. The van der Waals surface area contributed by atoms with Crippen molar-refractivity contribution in [2.75, 3.05) is 16.8 Å². The topological polar surface area (TPSA) is 58.1 Å². The fourth-order valence-electron chi connectivity index (χ4n) is 3.34. The van der Waals surface area contributed by atoms with Crippen LogP contribution in [0.2, 0.25) is 5.02 Å². The monoisotopic (exact) mass is 378 g/mol. The third kappa shape index (κ3) is 3.78. The fourth-order valence-corrected chi connectivity index (χ4v) is 3.53. The first-order valence-electron chi connectivity index (χ1n) is 8.88. The van der Waals surface area contributed by atoms with E-state index in [-0.39, 0.29) is 5.91 Å². The first-order valence-corrected chi connectivity index (χ1v) is 9.26. The number of halogens is 1. The second kappa shape index (κ2) is 7.37. The Hall–Kier alpha value is -2.92. The lowest BCUT2D eigenvalue weighted by Gasteiger charge is -2.30. The number of benzene rings is 2. The van der Waals surface area contributed by atoms with Crippen molar-refractivity contribution in [1.29, 1.82) is 0 Å². The molecule has 136 valence electrons. The van der Waals surface area contributed by atoms with Crippen molar-refractivity contribution in [3.8, 4) is 0 Å². The van der Waals surface area contributed by atoms with E-state index in [1.54, 1.807) is 37.3 Å². The Morgan fingerprint density at radius 1 is 1.11 bits per heavy atom. The van der Waals surface area contributed by atoms with Crippen molar-refractivity contribution in [3.05, 3.63) is 76.7 Å². The maximum atomic E-state index is 12.7. The zero-order valence-corrected chi connectivity index (χ0v) is 15.7. The number of amides is 1.